The van der Waals surface area contributed by atoms with Gasteiger partial charge in [-0.3, -0.25) is 4.79 Å². The molecule has 2 aliphatic rings. The van der Waals surface area contributed by atoms with Gasteiger partial charge in [0.1, 0.15) is 17.3 Å². The Kier molecular flexibility index (Phi) is 5.96. The van der Waals surface area contributed by atoms with Crippen LogP contribution < -0.4 is 4.74 Å². The molecular weight excluding hydrogens is 455 g/mol. The van der Waals surface area contributed by atoms with Crippen LogP contribution in [0.4, 0.5) is 18.9 Å². The zero-order valence-corrected chi connectivity index (χ0v) is 19.2. The van der Waals surface area contributed by atoms with E-state index in [4.69, 9.17) is 9.73 Å². The number of benzene rings is 3. The van der Waals surface area contributed by atoms with Crippen LogP contribution in [0.1, 0.15) is 33.5 Å². The minimum atomic E-state index is -4.59. The van der Waals surface area contributed by atoms with E-state index in [-0.39, 0.29) is 12.1 Å². The number of carbonyl (C=O) groups is 1. The summed E-state index contributed by atoms with van der Waals surface area (Å²) < 4.78 is 46.6. The fourth-order valence-corrected chi connectivity index (χ4v) is 4.50. The van der Waals surface area contributed by atoms with Crippen molar-refractivity contribution in [1.82, 2.24) is 9.80 Å². The van der Waals surface area contributed by atoms with Crippen LogP contribution in [-0.2, 0) is 6.18 Å². The Morgan fingerprint density at radius 1 is 0.914 bits per heavy atom. The highest BCUT2D eigenvalue weighted by molar-refractivity contribution is 6.04. The highest BCUT2D eigenvalue weighted by Crippen LogP contribution is 2.38. The van der Waals surface area contributed by atoms with Gasteiger partial charge in [0.15, 0.2) is 5.75 Å². The summed E-state index contributed by atoms with van der Waals surface area (Å²) in [6.07, 6.45) is -3.99. The Balaban J connectivity index is 1.44. The van der Waals surface area contributed by atoms with Crippen LogP contribution in [0.3, 0.4) is 0 Å². The minimum absolute atomic E-state index is 0.285. The highest BCUT2D eigenvalue weighted by Gasteiger charge is 2.36. The summed E-state index contributed by atoms with van der Waals surface area (Å²) in [5.74, 6) is 1.48. The van der Waals surface area contributed by atoms with Crippen molar-refractivity contribution in [2.45, 2.75) is 19.5 Å². The number of hydrogen-bond donors (Lipinski definition) is 0. The molecule has 1 saturated heterocycles. The molecule has 0 aliphatic carbocycles. The van der Waals surface area contributed by atoms with Gasteiger partial charge in [0, 0.05) is 26.2 Å². The first-order valence-electron chi connectivity index (χ1n) is 11.5. The topological polar surface area (TPSA) is 45.1 Å². The Morgan fingerprint density at radius 3 is 2.51 bits per heavy atom. The van der Waals surface area contributed by atoms with E-state index in [2.05, 4.69) is 4.90 Å². The molecule has 0 N–H and O–H groups in total. The zero-order valence-electron chi connectivity index (χ0n) is 19.2. The molecule has 3 aromatic carbocycles. The molecule has 3 aromatic rings. The number of rotatable bonds is 1. The normalized spacial score (nSPS) is 15.8. The number of aryl methyl sites for hydroxylation is 1. The lowest BCUT2D eigenvalue weighted by Gasteiger charge is -2.26. The van der Waals surface area contributed by atoms with E-state index in [0.717, 1.165) is 23.0 Å². The number of fused-ring (bicyclic) bond motifs is 2. The van der Waals surface area contributed by atoms with Gasteiger partial charge >= 0.3 is 6.18 Å². The molecule has 35 heavy (non-hydrogen) atoms. The van der Waals surface area contributed by atoms with E-state index in [1.807, 2.05) is 49.4 Å². The van der Waals surface area contributed by atoms with Crippen LogP contribution in [0.5, 0.6) is 11.5 Å². The molecule has 0 atom stereocenters. The molecule has 1 fully saturated rings. The number of aliphatic imine (C=N–C) groups is 1. The maximum atomic E-state index is 13.5. The second-order valence-corrected chi connectivity index (χ2v) is 8.68. The Morgan fingerprint density at radius 2 is 1.69 bits per heavy atom. The first-order valence-corrected chi connectivity index (χ1v) is 11.5. The Bertz CT molecular complexity index is 1300. The number of amides is 1. The van der Waals surface area contributed by atoms with Crippen LogP contribution in [-0.4, -0.2) is 47.7 Å². The maximum Gasteiger partial charge on any atom is 0.417 e. The largest absolute Gasteiger partial charge is 0.454 e. The number of halogens is 3. The van der Waals surface area contributed by atoms with Gasteiger partial charge in [-0.2, -0.15) is 13.2 Å². The number of alkyl halides is 3. The van der Waals surface area contributed by atoms with E-state index in [1.54, 1.807) is 0 Å². The van der Waals surface area contributed by atoms with Crippen molar-refractivity contribution in [3.05, 3.63) is 89.0 Å². The molecule has 2 heterocycles. The summed E-state index contributed by atoms with van der Waals surface area (Å²) in [5.41, 5.74) is 1.39. The third-order valence-electron chi connectivity index (χ3n) is 6.23. The summed E-state index contributed by atoms with van der Waals surface area (Å²) in [6.45, 7) is 3.69. The number of para-hydroxylation sites is 2. The Labute approximate surface area is 201 Å². The number of nitrogens with zero attached hydrogens (tertiary/aromatic N) is 3. The van der Waals surface area contributed by atoms with Gasteiger partial charge in [0.25, 0.3) is 5.91 Å². The summed E-state index contributed by atoms with van der Waals surface area (Å²) in [7, 11) is 0. The van der Waals surface area contributed by atoms with Gasteiger partial charge in [-0.1, -0.05) is 35.9 Å². The van der Waals surface area contributed by atoms with Crippen molar-refractivity contribution in [3.8, 4) is 11.5 Å². The molecule has 180 valence electrons. The maximum absolute atomic E-state index is 13.5. The second-order valence-electron chi connectivity index (χ2n) is 8.68. The lowest BCUT2D eigenvalue weighted by molar-refractivity contribution is -0.138. The monoisotopic (exact) mass is 479 g/mol. The van der Waals surface area contributed by atoms with Crippen LogP contribution in [0, 0.1) is 6.92 Å². The lowest BCUT2D eigenvalue weighted by atomic mass is 10.1. The molecule has 2 aliphatic heterocycles. The predicted octanol–water partition coefficient (Wildman–Crippen LogP) is 6.05. The van der Waals surface area contributed by atoms with Crippen molar-refractivity contribution < 1.29 is 22.7 Å². The van der Waals surface area contributed by atoms with E-state index in [1.165, 1.54) is 23.1 Å². The van der Waals surface area contributed by atoms with Gasteiger partial charge in [-0.25, -0.2) is 4.99 Å². The third-order valence-corrected chi connectivity index (χ3v) is 6.23. The lowest BCUT2D eigenvalue weighted by Crippen LogP contribution is -2.38. The van der Waals surface area contributed by atoms with E-state index in [0.29, 0.717) is 43.2 Å². The Hall–Kier alpha value is -3.81. The summed E-state index contributed by atoms with van der Waals surface area (Å²) in [6, 6.07) is 18.4. The summed E-state index contributed by atoms with van der Waals surface area (Å²) in [4.78, 5) is 21.6. The molecule has 0 unspecified atom stereocenters. The molecule has 0 radical (unpaired) electrons. The van der Waals surface area contributed by atoms with Gasteiger partial charge in [0.05, 0.1) is 16.7 Å². The molecule has 0 aromatic heterocycles. The molecule has 5 nitrogen and oxygen atoms in total. The summed E-state index contributed by atoms with van der Waals surface area (Å²) in [5, 5.41) is 0. The second kappa shape index (κ2) is 9.09. The highest BCUT2D eigenvalue weighted by atomic mass is 19.4. The molecule has 1 amide bonds. The minimum Gasteiger partial charge on any atom is -0.454 e. The van der Waals surface area contributed by atoms with Crippen LogP contribution >= 0.6 is 0 Å². The number of carbonyl (C=O) groups excluding carboxylic acids is 1. The van der Waals surface area contributed by atoms with Gasteiger partial charge in [-0.05, 0) is 49.7 Å². The first-order chi connectivity index (χ1) is 16.8. The van der Waals surface area contributed by atoms with Crippen LogP contribution in [0.2, 0.25) is 0 Å². The quantitative estimate of drug-likeness (QED) is 0.427. The predicted molar refractivity (Wildman–Crippen MR) is 127 cm³/mol. The molecule has 8 heteroatoms. The fourth-order valence-electron chi connectivity index (χ4n) is 4.50. The van der Waals surface area contributed by atoms with Crippen molar-refractivity contribution in [3.63, 3.8) is 0 Å². The molecule has 5 rings (SSSR count). The van der Waals surface area contributed by atoms with Gasteiger partial charge in [0.2, 0.25) is 0 Å². The van der Waals surface area contributed by atoms with Crippen molar-refractivity contribution in [2.24, 2.45) is 4.99 Å². The van der Waals surface area contributed by atoms with E-state index >= 15 is 0 Å². The number of hydrogen-bond acceptors (Lipinski definition) is 4. The van der Waals surface area contributed by atoms with Crippen LogP contribution in [0.15, 0.2) is 71.7 Å². The first kappa shape index (κ1) is 23.0. The van der Waals surface area contributed by atoms with Crippen molar-refractivity contribution in [2.75, 3.05) is 26.2 Å². The number of ether oxygens (including phenoxy) is 1. The molecule has 0 spiro atoms. The smallest absolute Gasteiger partial charge is 0.417 e. The number of amidine groups is 1. The SMILES string of the molecule is Cc1ccc2c(c1)C(N1CCCN(C(=O)c3ccccc3C(F)(F)F)CC1)=Nc1ccccc1O2. The molecule has 0 bridgehead atoms. The molecule has 0 saturated carbocycles. The zero-order chi connectivity index (χ0) is 24.6. The van der Waals surface area contributed by atoms with E-state index in [9.17, 15) is 18.0 Å². The third kappa shape index (κ3) is 4.60. The average Bonchev–Trinajstić information content (AvgIpc) is 3.18. The van der Waals surface area contributed by atoms with E-state index < -0.39 is 17.6 Å². The molecular formula is C27H24F3N3O2. The van der Waals surface area contributed by atoms with Crippen LogP contribution in [0.25, 0.3) is 0 Å². The van der Waals surface area contributed by atoms with Crippen molar-refractivity contribution in [1.29, 1.82) is 0 Å². The summed E-state index contributed by atoms with van der Waals surface area (Å²) >= 11 is 0. The average molecular weight is 480 g/mol. The van der Waals surface area contributed by atoms with Gasteiger partial charge < -0.3 is 14.5 Å². The van der Waals surface area contributed by atoms with Crippen molar-refractivity contribution >= 4 is 17.4 Å². The van der Waals surface area contributed by atoms with Gasteiger partial charge in [-0.15, -0.1) is 0 Å². The standard InChI is InChI=1S/C27H24F3N3O2/c1-18-11-12-23-20(17-18)25(31-22-9-4-5-10-24(22)35-23)32-13-6-14-33(16-15-32)26(34)19-7-2-3-8-21(19)27(28,29)30/h2-5,7-12,17H,6,13-16H2,1H3. The fraction of sp³-hybridized carbons (Fsp3) is 0.259.